The molecule has 2 aromatic rings. The molecule has 4 nitrogen and oxygen atoms in total. The quantitative estimate of drug-likeness (QED) is 0.694. The van der Waals surface area contributed by atoms with Crippen molar-refractivity contribution in [3.63, 3.8) is 0 Å². The molecular weight excluding hydrogens is 330 g/mol. The van der Waals surface area contributed by atoms with Gasteiger partial charge in [0.1, 0.15) is 11.8 Å². The van der Waals surface area contributed by atoms with Crippen molar-refractivity contribution in [2.75, 3.05) is 33.1 Å². The van der Waals surface area contributed by atoms with Gasteiger partial charge in [-0.2, -0.15) is 0 Å². The Morgan fingerprint density at radius 3 is 2.60 bits per heavy atom. The van der Waals surface area contributed by atoms with E-state index in [1.165, 1.54) is 21.6 Å². The van der Waals surface area contributed by atoms with Crippen molar-refractivity contribution >= 4 is 23.0 Å². The molecule has 134 valence electrons. The Morgan fingerprint density at radius 1 is 1.16 bits per heavy atom. The van der Waals surface area contributed by atoms with Crippen LogP contribution >= 0.6 is 12.2 Å². The van der Waals surface area contributed by atoms with Crippen molar-refractivity contribution < 1.29 is 9.64 Å². The minimum absolute atomic E-state index is 0.272. The maximum absolute atomic E-state index is 5.49. The van der Waals surface area contributed by atoms with Crippen LogP contribution in [0.15, 0.2) is 42.5 Å². The lowest BCUT2D eigenvalue weighted by atomic mass is 10.1. The summed E-state index contributed by atoms with van der Waals surface area (Å²) in [6, 6.07) is 14.8. The molecule has 0 heterocycles. The van der Waals surface area contributed by atoms with Gasteiger partial charge < -0.3 is 20.3 Å². The monoisotopic (exact) mass is 358 g/mol. The van der Waals surface area contributed by atoms with E-state index in [-0.39, 0.29) is 6.04 Å². The van der Waals surface area contributed by atoms with Crippen LogP contribution in [0.5, 0.6) is 5.75 Å². The van der Waals surface area contributed by atoms with Gasteiger partial charge in [-0.25, -0.2) is 0 Å². The highest BCUT2D eigenvalue weighted by Crippen LogP contribution is 2.18. The molecule has 0 radical (unpaired) electrons. The van der Waals surface area contributed by atoms with Gasteiger partial charge in [0.25, 0.3) is 0 Å². The van der Waals surface area contributed by atoms with E-state index >= 15 is 0 Å². The number of hydrogen-bond acceptors (Lipinski definition) is 2. The predicted octanol–water partition coefficient (Wildman–Crippen LogP) is 2.48. The van der Waals surface area contributed by atoms with Gasteiger partial charge in [0.05, 0.1) is 27.7 Å². The Kier molecular flexibility index (Phi) is 6.79. The molecule has 0 bridgehead atoms. The highest BCUT2D eigenvalue weighted by atomic mass is 32.1. The van der Waals surface area contributed by atoms with Gasteiger partial charge in [0.15, 0.2) is 5.11 Å². The van der Waals surface area contributed by atoms with Crippen LogP contribution in [-0.4, -0.2) is 32.9 Å². The first-order chi connectivity index (χ1) is 11.9. The highest BCUT2D eigenvalue weighted by molar-refractivity contribution is 7.80. The zero-order valence-corrected chi connectivity index (χ0v) is 16.5. The molecule has 0 aliphatic carbocycles. The number of likely N-dealkylation sites (N-methyl/N-ethyl adjacent to an activating group) is 1. The molecule has 25 heavy (non-hydrogen) atoms. The van der Waals surface area contributed by atoms with Gasteiger partial charge in [-0.15, -0.1) is 0 Å². The number of nitrogens with one attached hydrogen (secondary N) is 3. The van der Waals surface area contributed by atoms with E-state index in [4.69, 9.17) is 17.0 Å². The van der Waals surface area contributed by atoms with Crippen molar-refractivity contribution in [1.82, 2.24) is 5.32 Å². The molecule has 0 saturated carbocycles. The molecule has 0 spiro atoms. The Bertz CT molecular complexity index is 731. The van der Waals surface area contributed by atoms with Crippen molar-refractivity contribution in [3.8, 4) is 5.75 Å². The molecular formula is C20H28N3OS+. The van der Waals surface area contributed by atoms with E-state index in [0.717, 1.165) is 18.0 Å². The summed E-state index contributed by atoms with van der Waals surface area (Å²) in [5.74, 6) is 0.875. The lowest BCUT2D eigenvalue weighted by Gasteiger charge is -2.23. The number of rotatable bonds is 6. The third-order valence-electron chi connectivity index (χ3n) is 4.30. The van der Waals surface area contributed by atoms with Gasteiger partial charge in [0.2, 0.25) is 0 Å². The Hall–Kier alpha value is -2.11. The van der Waals surface area contributed by atoms with Gasteiger partial charge >= 0.3 is 0 Å². The molecule has 0 aromatic heterocycles. The maximum atomic E-state index is 5.49. The van der Waals surface area contributed by atoms with E-state index < -0.39 is 0 Å². The summed E-state index contributed by atoms with van der Waals surface area (Å²) in [6.45, 7) is 4.90. The second-order valence-electron chi connectivity index (χ2n) is 6.56. The summed E-state index contributed by atoms with van der Waals surface area (Å²) in [6.07, 6.45) is 0. The molecule has 0 aliphatic rings. The van der Waals surface area contributed by atoms with E-state index in [2.05, 4.69) is 68.9 Å². The maximum Gasteiger partial charge on any atom is 0.171 e. The van der Waals surface area contributed by atoms with Gasteiger partial charge in [-0.3, -0.25) is 0 Å². The Labute approximate surface area is 156 Å². The fourth-order valence-corrected chi connectivity index (χ4v) is 2.94. The normalized spacial score (nSPS) is 11.9. The first-order valence-electron chi connectivity index (χ1n) is 8.47. The Morgan fingerprint density at radius 2 is 1.92 bits per heavy atom. The number of thiocarbonyl (C=S) groups is 1. The van der Waals surface area contributed by atoms with Crippen molar-refractivity contribution in [2.45, 2.75) is 19.9 Å². The molecule has 0 amide bonds. The molecule has 5 heteroatoms. The van der Waals surface area contributed by atoms with Crippen LogP contribution in [0.2, 0.25) is 0 Å². The van der Waals surface area contributed by atoms with Gasteiger partial charge in [0, 0.05) is 11.3 Å². The van der Waals surface area contributed by atoms with Crippen LogP contribution in [0.4, 0.5) is 5.69 Å². The largest absolute Gasteiger partial charge is 0.497 e. The summed E-state index contributed by atoms with van der Waals surface area (Å²) in [7, 11) is 5.98. The highest BCUT2D eigenvalue weighted by Gasteiger charge is 2.18. The fraction of sp³-hybridized carbons (Fsp3) is 0.350. The predicted molar refractivity (Wildman–Crippen MR) is 109 cm³/mol. The molecule has 0 saturated heterocycles. The molecule has 3 N–H and O–H groups in total. The summed E-state index contributed by atoms with van der Waals surface area (Å²) < 4.78 is 5.35. The third kappa shape index (κ3) is 5.44. The van der Waals surface area contributed by atoms with Crippen molar-refractivity contribution in [1.29, 1.82) is 0 Å². The topological polar surface area (TPSA) is 37.7 Å². The minimum Gasteiger partial charge on any atom is -0.497 e. The average Bonchev–Trinajstić information content (AvgIpc) is 2.58. The van der Waals surface area contributed by atoms with Crippen LogP contribution in [0.3, 0.4) is 0 Å². The molecule has 2 rings (SSSR count). The molecule has 0 unspecified atom stereocenters. The first kappa shape index (κ1) is 19.2. The molecule has 2 aromatic carbocycles. The van der Waals surface area contributed by atoms with Crippen LogP contribution in [0.1, 0.15) is 22.7 Å². The van der Waals surface area contributed by atoms with Crippen LogP contribution in [0, 0.1) is 13.8 Å². The van der Waals surface area contributed by atoms with E-state index in [1.807, 2.05) is 12.1 Å². The van der Waals surface area contributed by atoms with E-state index in [1.54, 1.807) is 7.11 Å². The number of benzene rings is 2. The van der Waals surface area contributed by atoms with Crippen molar-refractivity contribution in [2.24, 2.45) is 0 Å². The van der Waals surface area contributed by atoms with Crippen molar-refractivity contribution in [3.05, 3.63) is 59.2 Å². The second kappa shape index (κ2) is 8.83. The number of hydrogen-bond donors (Lipinski definition) is 3. The van der Waals surface area contributed by atoms with E-state index in [9.17, 15) is 0 Å². The number of quaternary nitrogens is 1. The number of aryl methyl sites for hydroxylation is 2. The Balaban J connectivity index is 2.03. The standard InChI is InChI=1S/C20H27N3OS/c1-14-9-10-15(2)18(11-14)22-20(25)21-13-19(23(3)4)16-7-6-8-17(12-16)24-5/h6-12,19H,13H2,1-5H3,(H2,21,22,25)/p+1/t19-/m0/s1. The SMILES string of the molecule is COc1cccc([C@H](CNC(=S)Nc2cc(C)ccc2C)[NH+](C)C)c1. The lowest BCUT2D eigenvalue weighted by Crippen LogP contribution is -3.07. The molecule has 0 fully saturated rings. The smallest absolute Gasteiger partial charge is 0.171 e. The average molecular weight is 359 g/mol. The lowest BCUT2D eigenvalue weighted by molar-refractivity contribution is -0.890. The number of anilines is 1. The van der Waals surface area contributed by atoms with Crippen LogP contribution in [-0.2, 0) is 0 Å². The van der Waals surface area contributed by atoms with Gasteiger partial charge in [-0.1, -0.05) is 24.3 Å². The first-order valence-corrected chi connectivity index (χ1v) is 8.87. The van der Waals surface area contributed by atoms with E-state index in [0.29, 0.717) is 5.11 Å². The fourth-order valence-electron chi connectivity index (χ4n) is 2.75. The summed E-state index contributed by atoms with van der Waals surface area (Å²) in [5, 5.41) is 7.30. The number of methoxy groups -OCH3 is 1. The summed E-state index contributed by atoms with van der Waals surface area (Å²) in [4.78, 5) is 1.33. The second-order valence-corrected chi connectivity index (χ2v) is 6.97. The van der Waals surface area contributed by atoms with Gasteiger partial charge in [-0.05, 0) is 55.4 Å². The summed E-state index contributed by atoms with van der Waals surface area (Å²) >= 11 is 5.49. The minimum atomic E-state index is 0.272. The molecule has 1 atom stereocenters. The zero-order chi connectivity index (χ0) is 18.4. The summed E-state index contributed by atoms with van der Waals surface area (Å²) in [5.41, 5.74) is 4.66. The molecule has 0 aliphatic heterocycles. The zero-order valence-electron chi connectivity index (χ0n) is 15.6. The number of ether oxygens (including phenoxy) is 1. The van der Waals surface area contributed by atoms with Crippen LogP contribution < -0.4 is 20.3 Å². The van der Waals surface area contributed by atoms with Crippen LogP contribution in [0.25, 0.3) is 0 Å². The third-order valence-corrected chi connectivity index (χ3v) is 4.55.